The number of halogens is 1. The Bertz CT molecular complexity index is 473. The van der Waals surface area contributed by atoms with Gasteiger partial charge in [-0.05, 0) is 33.4 Å². The second-order valence-electron chi connectivity index (χ2n) is 3.45. The number of aromatic nitrogens is 1. The molecule has 2 aromatic heterocycles. The minimum atomic E-state index is -0.0687. The normalized spacial score (nSPS) is 10.5. The summed E-state index contributed by atoms with van der Waals surface area (Å²) in [6, 6.07) is 5.92. The molecule has 0 saturated heterocycles. The first-order valence-corrected chi connectivity index (χ1v) is 6.87. The zero-order valence-corrected chi connectivity index (χ0v) is 11.5. The van der Waals surface area contributed by atoms with Gasteiger partial charge in [0.2, 0.25) is 5.88 Å². The standard InChI is InChI=1S/C12H12BrNO2S/c13-10-6-9(8-15)12(14-7-10)16-4-3-11-2-1-5-17-11/h1-2,5-7,15H,3-4,8H2. The van der Waals surface area contributed by atoms with Gasteiger partial charge < -0.3 is 9.84 Å². The summed E-state index contributed by atoms with van der Waals surface area (Å²) in [5.74, 6) is 0.507. The van der Waals surface area contributed by atoms with Gasteiger partial charge in [-0.3, -0.25) is 0 Å². The first-order chi connectivity index (χ1) is 8.29. The van der Waals surface area contributed by atoms with Crippen LogP contribution in [0.25, 0.3) is 0 Å². The lowest BCUT2D eigenvalue weighted by atomic mass is 10.3. The number of nitrogens with zero attached hydrogens (tertiary/aromatic N) is 1. The third kappa shape index (κ3) is 3.52. The molecule has 0 aliphatic rings. The quantitative estimate of drug-likeness (QED) is 0.922. The Morgan fingerprint density at radius 1 is 1.47 bits per heavy atom. The Kier molecular flexibility index (Phi) is 4.53. The van der Waals surface area contributed by atoms with Crippen molar-refractivity contribution in [3.63, 3.8) is 0 Å². The molecule has 5 heteroatoms. The van der Waals surface area contributed by atoms with Gasteiger partial charge in [0.15, 0.2) is 0 Å². The van der Waals surface area contributed by atoms with Crippen molar-refractivity contribution in [2.75, 3.05) is 6.61 Å². The molecule has 0 fully saturated rings. The average molecular weight is 314 g/mol. The Morgan fingerprint density at radius 2 is 2.35 bits per heavy atom. The minimum absolute atomic E-state index is 0.0687. The fourth-order valence-corrected chi connectivity index (χ4v) is 2.48. The monoisotopic (exact) mass is 313 g/mol. The Labute approximate surface area is 112 Å². The highest BCUT2D eigenvalue weighted by Gasteiger charge is 2.05. The van der Waals surface area contributed by atoms with E-state index in [2.05, 4.69) is 27.0 Å². The number of ether oxygens (including phenoxy) is 1. The van der Waals surface area contributed by atoms with E-state index >= 15 is 0 Å². The zero-order chi connectivity index (χ0) is 12.1. The van der Waals surface area contributed by atoms with Gasteiger partial charge >= 0.3 is 0 Å². The van der Waals surface area contributed by atoms with Crippen LogP contribution in [0.1, 0.15) is 10.4 Å². The van der Waals surface area contributed by atoms with E-state index in [0.717, 1.165) is 10.9 Å². The summed E-state index contributed by atoms with van der Waals surface area (Å²) in [6.07, 6.45) is 2.53. The Balaban J connectivity index is 1.94. The minimum Gasteiger partial charge on any atom is -0.477 e. The summed E-state index contributed by atoms with van der Waals surface area (Å²) in [5, 5.41) is 11.2. The predicted octanol–water partition coefficient (Wildman–Crippen LogP) is 3.02. The molecule has 0 radical (unpaired) electrons. The third-order valence-corrected chi connectivity index (χ3v) is 3.60. The SMILES string of the molecule is OCc1cc(Br)cnc1OCCc1cccs1. The van der Waals surface area contributed by atoms with E-state index in [4.69, 9.17) is 4.74 Å². The molecule has 2 rings (SSSR count). The van der Waals surface area contributed by atoms with E-state index in [1.807, 2.05) is 17.5 Å². The molecule has 0 aromatic carbocycles. The van der Waals surface area contributed by atoms with Crippen molar-refractivity contribution in [2.24, 2.45) is 0 Å². The molecule has 17 heavy (non-hydrogen) atoms. The van der Waals surface area contributed by atoms with E-state index in [1.54, 1.807) is 17.5 Å². The van der Waals surface area contributed by atoms with Crippen molar-refractivity contribution in [1.29, 1.82) is 0 Å². The number of pyridine rings is 1. The van der Waals surface area contributed by atoms with Gasteiger partial charge in [-0.1, -0.05) is 6.07 Å². The molecule has 1 N–H and O–H groups in total. The predicted molar refractivity (Wildman–Crippen MR) is 71.4 cm³/mol. The molecule has 0 amide bonds. The molecule has 0 atom stereocenters. The average Bonchev–Trinajstić information content (AvgIpc) is 2.84. The Morgan fingerprint density at radius 3 is 3.06 bits per heavy atom. The fraction of sp³-hybridized carbons (Fsp3) is 0.250. The summed E-state index contributed by atoms with van der Waals surface area (Å²) in [4.78, 5) is 5.43. The highest BCUT2D eigenvalue weighted by molar-refractivity contribution is 9.10. The summed E-state index contributed by atoms with van der Waals surface area (Å²) >= 11 is 5.02. The first kappa shape index (κ1) is 12.5. The van der Waals surface area contributed by atoms with Crippen LogP contribution in [-0.4, -0.2) is 16.7 Å². The van der Waals surface area contributed by atoms with Gasteiger partial charge in [-0.15, -0.1) is 11.3 Å². The van der Waals surface area contributed by atoms with Gasteiger partial charge in [0.25, 0.3) is 0 Å². The maximum absolute atomic E-state index is 9.19. The number of rotatable bonds is 5. The molecular weight excluding hydrogens is 302 g/mol. The van der Waals surface area contributed by atoms with Gasteiger partial charge in [-0.25, -0.2) is 4.98 Å². The number of hydrogen-bond donors (Lipinski definition) is 1. The summed E-state index contributed by atoms with van der Waals surface area (Å²) < 4.78 is 6.41. The van der Waals surface area contributed by atoms with E-state index in [9.17, 15) is 5.11 Å². The lowest BCUT2D eigenvalue weighted by molar-refractivity contribution is 0.259. The number of thiophene rings is 1. The van der Waals surface area contributed by atoms with Crippen molar-refractivity contribution >= 4 is 27.3 Å². The molecular formula is C12H12BrNO2S. The second kappa shape index (κ2) is 6.14. The van der Waals surface area contributed by atoms with Crippen molar-refractivity contribution < 1.29 is 9.84 Å². The molecule has 90 valence electrons. The van der Waals surface area contributed by atoms with Crippen LogP contribution >= 0.6 is 27.3 Å². The van der Waals surface area contributed by atoms with E-state index in [0.29, 0.717) is 18.1 Å². The summed E-state index contributed by atoms with van der Waals surface area (Å²) in [5.41, 5.74) is 0.700. The van der Waals surface area contributed by atoms with E-state index in [1.165, 1.54) is 4.88 Å². The van der Waals surface area contributed by atoms with E-state index < -0.39 is 0 Å². The summed E-state index contributed by atoms with van der Waals surface area (Å²) in [6.45, 7) is 0.503. The molecule has 0 unspecified atom stereocenters. The van der Waals surface area contributed by atoms with Crippen molar-refractivity contribution in [2.45, 2.75) is 13.0 Å². The zero-order valence-electron chi connectivity index (χ0n) is 9.10. The van der Waals surface area contributed by atoms with Crippen LogP contribution in [0.15, 0.2) is 34.2 Å². The van der Waals surface area contributed by atoms with Gasteiger partial charge in [0, 0.05) is 27.5 Å². The Hall–Kier alpha value is -0.910. The highest BCUT2D eigenvalue weighted by Crippen LogP contribution is 2.20. The van der Waals surface area contributed by atoms with Crippen LogP contribution < -0.4 is 4.74 Å². The van der Waals surface area contributed by atoms with Gasteiger partial charge in [0.1, 0.15) is 0 Å². The van der Waals surface area contributed by atoms with Crippen LogP contribution in [0.5, 0.6) is 5.88 Å². The molecule has 2 aromatic rings. The molecule has 3 nitrogen and oxygen atoms in total. The number of hydrogen-bond acceptors (Lipinski definition) is 4. The first-order valence-electron chi connectivity index (χ1n) is 5.20. The molecule has 0 aliphatic heterocycles. The molecule has 0 saturated carbocycles. The van der Waals surface area contributed by atoms with Gasteiger partial charge in [0.05, 0.1) is 13.2 Å². The second-order valence-corrected chi connectivity index (χ2v) is 5.40. The van der Waals surface area contributed by atoms with Crippen molar-refractivity contribution in [3.05, 3.63) is 44.7 Å². The van der Waals surface area contributed by atoms with Crippen LogP contribution in [0, 0.1) is 0 Å². The summed E-state index contributed by atoms with van der Waals surface area (Å²) in [7, 11) is 0. The molecule has 2 heterocycles. The lowest BCUT2D eigenvalue weighted by Crippen LogP contribution is -2.04. The van der Waals surface area contributed by atoms with Crippen LogP contribution in [0.3, 0.4) is 0 Å². The van der Waals surface area contributed by atoms with Crippen molar-refractivity contribution in [1.82, 2.24) is 4.98 Å². The molecule has 0 spiro atoms. The van der Waals surface area contributed by atoms with Crippen LogP contribution in [0.4, 0.5) is 0 Å². The third-order valence-electron chi connectivity index (χ3n) is 2.23. The number of aliphatic hydroxyl groups excluding tert-OH is 1. The topological polar surface area (TPSA) is 42.4 Å². The molecule has 0 aliphatic carbocycles. The van der Waals surface area contributed by atoms with Gasteiger partial charge in [-0.2, -0.15) is 0 Å². The van der Waals surface area contributed by atoms with Crippen molar-refractivity contribution in [3.8, 4) is 5.88 Å². The number of aliphatic hydroxyl groups is 1. The maximum atomic E-state index is 9.19. The van der Waals surface area contributed by atoms with Crippen LogP contribution in [0.2, 0.25) is 0 Å². The van der Waals surface area contributed by atoms with E-state index in [-0.39, 0.29) is 6.61 Å². The van der Waals surface area contributed by atoms with Crippen LogP contribution in [-0.2, 0) is 13.0 Å². The maximum Gasteiger partial charge on any atom is 0.218 e. The molecule has 0 bridgehead atoms. The smallest absolute Gasteiger partial charge is 0.218 e. The fourth-order valence-electron chi connectivity index (χ4n) is 1.42. The highest BCUT2D eigenvalue weighted by atomic mass is 79.9. The largest absolute Gasteiger partial charge is 0.477 e. The lowest BCUT2D eigenvalue weighted by Gasteiger charge is -2.08.